The molecule has 1 aliphatic heterocycles. The van der Waals surface area contributed by atoms with Crippen molar-refractivity contribution in [1.29, 1.82) is 0 Å². The number of hydrogen-bond donors (Lipinski definition) is 1. The average Bonchev–Trinajstić information content (AvgIpc) is 2.81. The van der Waals surface area contributed by atoms with E-state index < -0.39 is 6.04 Å². The van der Waals surface area contributed by atoms with Crippen LogP contribution in [0.25, 0.3) is 0 Å². The lowest BCUT2D eigenvalue weighted by Gasteiger charge is -2.34. The average molecular weight is 439 g/mol. The first kappa shape index (κ1) is 23.4. The van der Waals surface area contributed by atoms with Crippen LogP contribution in [-0.2, 0) is 11.2 Å². The van der Waals surface area contributed by atoms with Gasteiger partial charge < -0.3 is 10.2 Å². The van der Waals surface area contributed by atoms with Crippen molar-refractivity contribution < 1.29 is 9.59 Å². The molecular weight excluding hydrogens is 404 g/mol. The number of nitrogens with one attached hydrogen (secondary N) is 1. The molecule has 1 saturated heterocycles. The van der Waals surface area contributed by atoms with E-state index in [0.717, 1.165) is 38.1 Å². The van der Waals surface area contributed by atoms with Crippen molar-refractivity contribution >= 4 is 23.6 Å². The summed E-state index contributed by atoms with van der Waals surface area (Å²) in [5.41, 5.74) is 3.29. The SMILES string of the molecule is CSCCC(NC(=O)c1ccccc1)C(=O)N1CCC(CCc2ccc(C)cc2)CC1. The van der Waals surface area contributed by atoms with E-state index in [1.165, 1.54) is 17.5 Å². The summed E-state index contributed by atoms with van der Waals surface area (Å²) in [6.45, 7) is 3.69. The van der Waals surface area contributed by atoms with Crippen molar-refractivity contribution in [3.8, 4) is 0 Å². The molecule has 1 atom stereocenters. The van der Waals surface area contributed by atoms with Crippen LogP contribution in [0, 0.1) is 12.8 Å². The molecule has 0 bridgehead atoms. The third-order valence-electron chi connectivity index (χ3n) is 6.14. The van der Waals surface area contributed by atoms with E-state index >= 15 is 0 Å². The highest BCUT2D eigenvalue weighted by molar-refractivity contribution is 7.98. The molecule has 0 saturated carbocycles. The lowest BCUT2D eigenvalue weighted by atomic mass is 9.90. The van der Waals surface area contributed by atoms with E-state index in [1.807, 2.05) is 29.4 Å². The van der Waals surface area contributed by atoms with Crippen molar-refractivity contribution in [1.82, 2.24) is 10.2 Å². The molecule has 166 valence electrons. The van der Waals surface area contributed by atoms with Crippen LogP contribution < -0.4 is 5.32 Å². The molecule has 5 heteroatoms. The smallest absolute Gasteiger partial charge is 0.251 e. The second kappa shape index (κ2) is 11.9. The van der Waals surface area contributed by atoms with E-state index in [4.69, 9.17) is 0 Å². The quantitative estimate of drug-likeness (QED) is 0.616. The lowest BCUT2D eigenvalue weighted by Crippen LogP contribution is -2.51. The van der Waals surface area contributed by atoms with Gasteiger partial charge in [-0.3, -0.25) is 9.59 Å². The largest absolute Gasteiger partial charge is 0.341 e. The van der Waals surface area contributed by atoms with Gasteiger partial charge in [0.2, 0.25) is 5.91 Å². The molecule has 3 rings (SSSR count). The minimum absolute atomic E-state index is 0.0651. The van der Waals surface area contributed by atoms with Crippen molar-refractivity contribution in [2.75, 3.05) is 25.1 Å². The van der Waals surface area contributed by atoms with Gasteiger partial charge in [0.15, 0.2) is 0 Å². The standard InChI is InChI=1S/C26H34N2O2S/c1-20-8-10-21(11-9-20)12-13-22-14-17-28(18-15-22)26(30)24(16-19-31-2)27-25(29)23-6-4-3-5-7-23/h3-11,22,24H,12-19H2,1-2H3,(H,27,29). The van der Waals surface area contributed by atoms with Crippen molar-refractivity contribution in [2.24, 2.45) is 5.92 Å². The number of likely N-dealkylation sites (tertiary alicyclic amines) is 1. The molecule has 1 unspecified atom stereocenters. The topological polar surface area (TPSA) is 49.4 Å². The molecule has 1 aliphatic rings. The Morgan fingerprint density at radius 2 is 1.74 bits per heavy atom. The monoisotopic (exact) mass is 438 g/mol. The summed E-state index contributed by atoms with van der Waals surface area (Å²) in [4.78, 5) is 27.8. The third-order valence-corrected chi connectivity index (χ3v) is 6.78. The maximum atomic E-state index is 13.2. The molecule has 0 spiro atoms. The Bertz CT molecular complexity index is 830. The zero-order valence-electron chi connectivity index (χ0n) is 18.7. The van der Waals surface area contributed by atoms with Gasteiger partial charge in [-0.25, -0.2) is 0 Å². The predicted molar refractivity (Wildman–Crippen MR) is 129 cm³/mol. The fourth-order valence-corrected chi connectivity index (χ4v) is 4.58. The summed E-state index contributed by atoms with van der Waals surface area (Å²) in [6.07, 6.45) is 7.04. The fourth-order valence-electron chi connectivity index (χ4n) is 4.11. The second-order valence-electron chi connectivity index (χ2n) is 8.47. The minimum Gasteiger partial charge on any atom is -0.341 e. The van der Waals surface area contributed by atoms with Crippen molar-refractivity contribution in [3.63, 3.8) is 0 Å². The summed E-state index contributed by atoms with van der Waals surface area (Å²) >= 11 is 1.70. The molecule has 1 N–H and O–H groups in total. The number of nitrogens with zero attached hydrogens (tertiary/aromatic N) is 1. The number of carbonyl (C=O) groups is 2. The Morgan fingerprint density at radius 1 is 1.06 bits per heavy atom. The molecule has 0 radical (unpaired) electrons. The van der Waals surface area contributed by atoms with Gasteiger partial charge in [0.05, 0.1) is 0 Å². The maximum Gasteiger partial charge on any atom is 0.251 e. The Balaban J connectivity index is 1.51. The summed E-state index contributed by atoms with van der Waals surface area (Å²) in [5.74, 6) is 1.40. The molecular formula is C26H34N2O2S. The molecule has 31 heavy (non-hydrogen) atoms. The number of piperidine rings is 1. The van der Waals surface area contributed by atoms with Crippen LogP contribution in [0.4, 0.5) is 0 Å². The minimum atomic E-state index is -0.454. The van der Waals surface area contributed by atoms with Crippen LogP contribution >= 0.6 is 11.8 Å². The van der Waals surface area contributed by atoms with Crippen LogP contribution in [0.1, 0.15) is 47.2 Å². The van der Waals surface area contributed by atoms with Gasteiger partial charge >= 0.3 is 0 Å². The number of benzene rings is 2. The highest BCUT2D eigenvalue weighted by Crippen LogP contribution is 2.23. The Labute approximate surface area is 190 Å². The summed E-state index contributed by atoms with van der Waals surface area (Å²) in [7, 11) is 0. The van der Waals surface area contributed by atoms with Gasteiger partial charge in [-0.15, -0.1) is 0 Å². The van der Waals surface area contributed by atoms with Crippen LogP contribution in [0.15, 0.2) is 54.6 Å². The molecule has 2 amide bonds. The zero-order chi connectivity index (χ0) is 22.1. The molecule has 1 heterocycles. The van der Waals surface area contributed by atoms with E-state index in [1.54, 1.807) is 23.9 Å². The first-order chi connectivity index (χ1) is 15.1. The molecule has 0 aliphatic carbocycles. The first-order valence-electron chi connectivity index (χ1n) is 11.3. The maximum absolute atomic E-state index is 13.2. The summed E-state index contributed by atoms with van der Waals surface area (Å²) in [6, 6.07) is 17.5. The van der Waals surface area contributed by atoms with Gasteiger partial charge in [0.25, 0.3) is 5.91 Å². The second-order valence-corrected chi connectivity index (χ2v) is 9.45. The Kier molecular flexibility index (Phi) is 9.01. The van der Waals surface area contributed by atoms with Gasteiger partial charge in [-0.1, -0.05) is 48.0 Å². The molecule has 2 aromatic rings. The number of rotatable bonds is 9. The van der Waals surface area contributed by atoms with Crippen LogP contribution in [0.3, 0.4) is 0 Å². The van der Waals surface area contributed by atoms with E-state index in [-0.39, 0.29) is 11.8 Å². The van der Waals surface area contributed by atoms with E-state index in [9.17, 15) is 9.59 Å². The number of hydrogen-bond acceptors (Lipinski definition) is 3. The normalized spacial score (nSPS) is 15.5. The van der Waals surface area contributed by atoms with E-state index in [0.29, 0.717) is 17.9 Å². The van der Waals surface area contributed by atoms with E-state index in [2.05, 4.69) is 36.5 Å². The van der Waals surface area contributed by atoms with Gasteiger partial charge in [-0.2, -0.15) is 11.8 Å². The fraction of sp³-hybridized carbons (Fsp3) is 0.462. The van der Waals surface area contributed by atoms with Crippen LogP contribution in [0.2, 0.25) is 0 Å². The Morgan fingerprint density at radius 3 is 2.39 bits per heavy atom. The number of thioether (sulfide) groups is 1. The zero-order valence-corrected chi connectivity index (χ0v) is 19.5. The van der Waals surface area contributed by atoms with Crippen LogP contribution in [0.5, 0.6) is 0 Å². The molecule has 0 aromatic heterocycles. The first-order valence-corrected chi connectivity index (χ1v) is 12.7. The molecule has 1 fully saturated rings. The summed E-state index contributed by atoms with van der Waals surface area (Å²) < 4.78 is 0. The highest BCUT2D eigenvalue weighted by atomic mass is 32.2. The number of amides is 2. The number of carbonyl (C=O) groups excluding carboxylic acids is 2. The van der Waals surface area contributed by atoms with Gasteiger partial charge in [-0.05, 0) is 74.7 Å². The van der Waals surface area contributed by atoms with Crippen LogP contribution in [-0.4, -0.2) is 47.9 Å². The summed E-state index contributed by atoms with van der Waals surface area (Å²) in [5, 5.41) is 2.98. The highest BCUT2D eigenvalue weighted by Gasteiger charge is 2.29. The molecule has 2 aromatic carbocycles. The lowest BCUT2D eigenvalue weighted by molar-refractivity contribution is -0.134. The predicted octanol–water partition coefficient (Wildman–Crippen LogP) is 4.72. The third kappa shape index (κ3) is 7.13. The Hall–Kier alpha value is -2.27. The van der Waals surface area contributed by atoms with Crippen molar-refractivity contribution in [2.45, 2.75) is 45.1 Å². The number of aryl methyl sites for hydroxylation is 2. The van der Waals surface area contributed by atoms with Crippen molar-refractivity contribution in [3.05, 3.63) is 71.3 Å². The van der Waals surface area contributed by atoms with Gasteiger partial charge in [0, 0.05) is 18.7 Å². The van der Waals surface area contributed by atoms with Gasteiger partial charge in [0.1, 0.15) is 6.04 Å². The molecule has 4 nitrogen and oxygen atoms in total.